The first kappa shape index (κ1) is 21.2. The Kier molecular flexibility index (Phi) is 5.72. The van der Waals surface area contributed by atoms with E-state index >= 15 is 0 Å². The second-order valence-electron chi connectivity index (χ2n) is 5.89. The average Bonchev–Trinajstić information content (AvgIpc) is 2.67. The van der Waals surface area contributed by atoms with Gasteiger partial charge in [0.15, 0.2) is 0 Å². The quantitative estimate of drug-likeness (QED) is 0.445. The number of aromatic nitrogens is 2. The topological polar surface area (TPSA) is 70.4 Å². The van der Waals surface area contributed by atoms with Gasteiger partial charge in [-0.1, -0.05) is 12.1 Å². The zero-order chi connectivity index (χ0) is 22.1. The highest BCUT2D eigenvalue weighted by Gasteiger charge is 2.31. The molecule has 11 heteroatoms. The van der Waals surface area contributed by atoms with Crippen LogP contribution in [0.4, 0.5) is 22.0 Å². The number of rotatable bonds is 5. The summed E-state index contributed by atoms with van der Waals surface area (Å²) in [5.41, 5.74) is -2.33. The molecule has 3 aromatic rings. The summed E-state index contributed by atoms with van der Waals surface area (Å²) in [4.78, 5) is 24.9. The maximum atomic E-state index is 13.5. The van der Waals surface area contributed by atoms with E-state index < -0.39 is 46.6 Å². The molecule has 0 saturated carbocycles. The van der Waals surface area contributed by atoms with E-state index in [9.17, 15) is 31.5 Å². The smallest absolute Gasteiger partial charge is 0.461 e. The van der Waals surface area contributed by atoms with Crippen LogP contribution in [-0.2, 0) is 4.74 Å². The van der Waals surface area contributed by atoms with E-state index in [0.717, 1.165) is 22.9 Å². The number of hydrogen-bond donors (Lipinski definition) is 0. The highest BCUT2D eigenvalue weighted by Crippen LogP contribution is 2.28. The molecule has 0 saturated heterocycles. The van der Waals surface area contributed by atoms with E-state index in [4.69, 9.17) is 4.74 Å². The Balaban J connectivity index is 2.26. The number of hydrogen-bond acceptors (Lipinski definition) is 5. The highest BCUT2D eigenvalue weighted by atomic mass is 19.4. The van der Waals surface area contributed by atoms with Gasteiger partial charge < -0.3 is 9.47 Å². The number of nitrogens with zero attached hydrogens (tertiary/aromatic N) is 2. The number of carbonyl (C=O) groups excluding carboxylic acids is 1. The minimum atomic E-state index is -4.90. The Morgan fingerprint density at radius 1 is 1.13 bits per heavy atom. The molecule has 2 aromatic carbocycles. The van der Waals surface area contributed by atoms with Crippen molar-refractivity contribution >= 4 is 16.9 Å². The molecule has 0 fully saturated rings. The van der Waals surface area contributed by atoms with Crippen LogP contribution >= 0.6 is 0 Å². The lowest BCUT2D eigenvalue weighted by molar-refractivity contribution is -0.274. The molecule has 3 rings (SSSR count). The van der Waals surface area contributed by atoms with Crippen LogP contribution in [0.3, 0.4) is 0 Å². The highest BCUT2D eigenvalue weighted by molar-refractivity contribution is 5.93. The summed E-state index contributed by atoms with van der Waals surface area (Å²) in [5, 5.41) is 3.47. The normalized spacial score (nSPS) is 11.7. The second kappa shape index (κ2) is 8.09. The lowest BCUT2D eigenvalue weighted by Crippen LogP contribution is -2.25. The molecule has 0 atom stereocenters. The third kappa shape index (κ3) is 4.24. The van der Waals surface area contributed by atoms with Crippen molar-refractivity contribution in [3.8, 4) is 11.4 Å². The summed E-state index contributed by atoms with van der Waals surface area (Å²) in [6.07, 6.45) is -7.91. The molecule has 0 radical (unpaired) electrons. The SMILES string of the molecule is CCOC(=O)c1nn(-c2ccc(OC(F)(F)F)cc2)c2cccc(C(F)F)c2c1=O. The number of carbonyl (C=O) groups is 1. The zero-order valence-electron chi connectivity index (χ0n) is 15.2. The minimum absolute atomic E-state index is 0.0599. The Morgan fingerprint density at radius 2 is 1.80 bits per heavy atom. The third-order valence-electron chi connectivity index (χ3n) is 3.96. The molecule has 0 N–H and O–H groups in total. The van der Waals surface area contributed by atoms with Crippen LogP contribution in [0.2, 0.25) is 0 Å². The molecular weight excluding hydrogens is 415 g/mol. The first-order valence-corrected chi connectivity index (χ1v) is 8.49. The minimum Gasteiger partial charge on any atom is -0.461 e. The average molecular weight is 428 g/mol. The van der Waals surface area contributed by atoms with Gasteiger partial charge >= 0.3 is 12.3 Å². The van der Waals surface area contributed by atoms with Crippen molar-refractivity contribution in [1.82, 2.24) is 9.78 Å². The van der Waals surface area contributed by atoms with Crippen molar-refractivity contribution in [3.05, 3.63) is 63.9 Å². The fourth-order valence-electron chi connectivity index (χ4n) is 2.80. The Morgan fingerprint density at radius 3 is 2.37 bits per heavy atom. The molecule has 30 heavy (non-hydrogen) atoms. The predicted molar refractivity (Wildman–Crippen MR) is 94.9 cm³/mol. The van der Waals surface area contributed by atoms with Crippen molar-refractivity contribution in [1.29, 1.82) is 0 Å². The molecule has 0 spiro atoms. The van der Waals surface area contributed by atoms with Gasteiger partial charge in [-0.05, 0) is 37.3 Å². The first-order valence-electron chi connectivity index (χ1n) is 8.49. The van der Waals surface area contributed by atoms with E-state index in [1.165, 1.54) is 31.2 Å². The monoisotopic (exact) mass is 428 g/mol. The number of benzene rings is 2. The van der Waals surface area contributed by atoms with Crippen LogP contribution in [0, 0.1) is 0 Å². The van der Waals surface area contributed by atoms with Gasteiger partial charge in [0.2, 0.25) is 11.1 Å². The zero-order valence-corrected chi connectivity index (χ0v) is 15.2. The van der Waals surface area contributed by atoms with Gasteiger partial charge in [-0.3, -0.25) is 4.79 Å². The molecule has 1 aromatic heterocycles. The molecule has 0 bridgehead atoms. The van der Waals surface area contributed by atoms with E-state index in [1.54, 1.807) is 0 Å². The second-order valence-corrected chi connectivity index (χ2v) is 5.89. The lowest BCUT2D eigenvalue weighted by Gasteiger charge is -2.15. The molecule has 158 valence electrons. The predicted octanol–water partition coefficient (Wildman–Crippen LogP) is 4.40. The standard InChI is InChI=1S/C19H13F5N2O4/c1-2-29-18(28)15-16(27)14-12(17(20)21)4-3-5-13(14)26(25-15)10-6-8-11(9-7-10)30-19(22,23)24/h3-9,17H,2H2,1H3. The molecule has 0 aliphatic rings. The summed E-state index contributed by atoms with van der Waals surface area (Å²) < 4.78 is 73.6. The summed E-state index contributed by atoms with van der Waals surface area (Å²) >= 11 is 0. The van der Waals surface area contributed by atoms with Crippen LogP contribution in [0.1, 0.15) is 29.4 Å². The lowest BCUT2D eigenvalue weighted by atomic mass is 10.1. The van der Waals surface area contributed by atoms with E-state index in [0.29, 0.717) is 0 Å². The fourth-order valence-corrected chi connectivity index (χ4v) is 2.80. The van der Waals surface area contributed by atoms with Crippen molar-refractivity contribution in [3.63, 3.8) is 0 Å². The summed E-state index contributed by atoms with van der Waals surface area (Å²) in [6, 6.07) is 7.93. The maximum Gasteiger partial charge on any atom is 0.573 e. The molecule has 0 aliphatic carbocycles. The summed E-state index contributed by atoms with van der Waals surface area (Å²) in [7, 11) is 0. The van der Waals surface area contributed by atoms with Crippen molar-refractivity contribution < 1.29 is 36.2 Å². The van der Waals surface area contributed by atoms with Crippen LogP contribution in [-0.4, -0.2) is 28.7 Å². The number of halogens is 5. The van der Waals surface area contributed by atoms with Gasteiger partial charge in [-0.15, -0.1) is 13.2 Å². The number of alkyl halides is 5. The van der Waals surface area contributed by atoms with Crippen LogP contribution in [0.5, 0.6) is 5.75 Å². The van der Waals surface area contributed by atoms with Crippen molar-refractivity contribution in [2.75, 3.05) is 6.61 Å². The Labute approximate surface area is 165 Å². The van der Waals surface area contributed by atoms with Gasteiger partial charge in [-0.2, -0.15) is 5.10 Å². The maximum absolute atomic E-state index is 13.5. The largest absolute Gasteiger partial charge is 0.573 e. The number of fused-ring (bicyclic) bond motifs is 1. The molecular formula is C19H13F5N2O4. The van der Waals surface area contributed by atoms with Crippen molar-refractivity contribution in [2.45, 2.75) is 19.7 Å². The van der Waals surface area contributed by atoms with Gasteiger partial charge in [0.25, 0.3) is 6.43 Å². The van der Waals surface area contributed by atoms with Crippen LogP contribution in [0.25, 0.3) is 16.6 Å². The Hall–Kier alpha value is -3.50. The Bertz CT molecular complexity index is 1140. The fraction of sp³-hybridized carbons (Fsp3) is 0.211. The molecule has 6 nitrogen and oxygen atoms in total. The molecule has 0 aliphatic heterocycles. The van der Waals surface area contributed by atoms with Gasteiger partial charge in [0, 0.05) is 5.56 Å². The molecule has 0 amide bonds. The van der Waals surface area contributed by atoms with E-state index in [2.05, 4.69) is 9.84 Å². The van der Waals surface area contributed by atoms with Crippen LogP contribution in [0.15, 0.2) is 47.3 Å². The van der Waals surface area contributed by atoms with E-state index in [-0.39, 0.29) is 17.8 Å². The van der Waals surface area contributed by atoms with Gasteiger partial charge in [0.1, 0.15) is 5.75 Å². The van der Waals surface area contributed by atoms with Gasteiger partial charge in [-0.25, -0.2) is 18.3 Å². The summed E-state index contributed by atoms with van der Waals surface area (Å²) in [6.45, 7) is 1.40. The molecule has 1 heterocycles. The first-order chi connectivity index (χ1) is 14.1. The van der Waals surface area contributed by atoms with Gasteiger partial charge in [0.05, 0.1) is 23.2 Å². The van der Waals surface area contributed by atoms with E-state index in [1.807, 2.05) is 0 Å². The number of esters is 1. The molecule has 0 unspecified atom stereocenters. The van der Waals surface area contributed by atoms with Crippen molar-refractivity contribution in [2.24, 2.45) is 0 Å². The van der Waals surface area contributed by atoms with Crippen LogP contribution < -0.4 is 10.2 Å². The summed E-state index contributed by atoms with van der Waals surface area (Å²) in [5.74, 6) is -1.63. The number of ether oxygens (including phenoxy) is 2. The third-order valence-corrected chi connectivity index (χ3v) is 3.96.